The second-order valence-electron chi connectivity index (χ2n) is 11.0. The molecule has 0 bridgehead atoms. The summed E-state index contributed by atoms with van der Waals surface area (Å²) in [6.07, 6.45) is 4.71. The van der Waals surface area contributed by atoms with Gasteiger partial charge in [-0.15, -0.1) is 0 Å². The Hall–Kier alpha value is -5.16. The van der Waals surface area contributed by atoms with Crippen LogP contribution in [0.1, 0.15) is 37.2 Å². The number of aromatic nitrogens is 4. The molecule has 0 aliphatic rings. The van der Waals surface area contributed by atoms with Crippen molar-refractivity contribution in [2.24, 2.45) is 0 Å². The van der Waals surface area contributed by atoms with Crippen molar-refractivity contribution in [3.8, 4) is 34.1 Å². The Labute approximate surface area is 252 Å². The number of ether oxygens (including phenoxy) is 1. The average molecular weight is 563 g/mol. The molecule has 0 aliphatic carbocycles. The van der Waals surface area contributed by atoms with Crippen LogP contribution in [-0.2, 0) is 12.8 Å². The summed E-state index contributed by atoms with van der Waals surface area (Å²) in [5, 5.41) is 7.47. The predicted molar refractivity (Wildman–Crippen MR) is 176 cm³/mol. The van der Waals surface area contributed by atoms with Crippen molar-refractivity contribution < 1.29 is 4.74 Å². The van der Waals surface area contributed by atoms with Crippen LogP contribution >= 0.6 is 0 Å². The fraction of sp³-hybridized carbons (Fsp3) is 0.158. The van der Waals surface area contributed by atoms with E-state index in [0.29, 0.717) is 0 Å². The summed E-state index contributed by atoms with van der Waals surface area (Å²) in [6, 6.07) is 37.8. The highest BCUT2D eigenvalue weighted by atomic mass is 16.5. The number of fused-ring (bicyclic) bond motifs is 3. The van der Waals surface area contributed by atoms with Crippen LogP contribution in [0.4, 0.5) is 0 Å². The molecule has 3 heterocycles. The van der Waals surface area contributed by atoms with Gasteiger partial charge in [0.05, 0.1) is 28.1 Å². The molecule has 0 spiro atoms. The summed E-state index contributed by atoms with van der Waals surface area (Å²) in [4.78, 5) is 4.71. The van der Waals surface area contributed by atoms with Gasteiger partial charge in [0, 0.05) is 34.7 Å². The lowest BCUT2D eigenvalue weighted by Gasteiger charge is -2.12. The number of aryl methyl sites for hydroxylation is 2. The molecule has 0 saturated carbocycles. The lowest BCUT2D eigenvalue weighted by Crippen LogP contribution is -2.03. The molecule has 43 heavy (non-hydrogen) atoms. The van der Waals surface area contributed by atoms with E-state index in [-0.39, 0.29) is 0 Å². The first kappa shape index (κ1) is 26.7. The van der Waals surface area contributed by atoms with E-state index in [1.807, 2.05) is 24.4 Å². The molecule has 0 fully saturated rings. The molecule has 0 atom stereocenters. The van der Waals surface area contributed by atoms with Crippen molar-refractivity contribution >= 4 is 21.8 Å². The molecule has 0 amide bonds. The van der Waals surface area contributed by atoms with E-state index < -0.39 is 0 Å². The third-order valence-corrected chi connectivity index (χ3v) is 8.01. The Morgan fingerprint density at radius 3 is 2.33 bits per heavy atom. The summed E-state index contributed by atoms with van der Waals surface area (Å²) < 4.78 is 10.9. The molecule has 7 aromatic rings. The van der Waals surface area contributed by atoms with E-state index in [2.05, 4.69) is 121 Å². The number of hydrogen-bond acceptors (Lipinski definition) is 3. The second kappa shape index (κ2) is 11.3. The Morgan fingerprint density at radius 1 is 0.721 bits per heavy atom. The van der Waals surface area contributed by atoms with Gasteiger partial charge >= 0.3 is 0 Å². The summed E-state index contributed by atoms with van der Waals surface area (Å²) >= 11 is 0. The van der Waals surface area contributed by atoms with Gasteiger partial charge in [0.1, 0.15) is 17.3 Å². The number of hydrogen-bond donors (Lipinski definition) is 0. The number of benzene rings is 4. The van der Waals surface area contributed by atoms with E-state index >= 15 is 0 Å². The first-order valence-corrected chi connectivity index (χ1v) is 15.0. The molecular formula is C38H34N4O. The van der Waals surface area contributed by atoms with Crippen LogP contribution in [0.3, 0.4) is 0 Å². The largest absolute Gasteiger partial charge is 0.457 e. The van der Waals surface area contributed by atoms with Crippen LogP contribution in [-0.4, -0.2) is 19.3 Å². The van der Waals surface area contributed by atoms with Gasteiger partial charge in [-0.3, -0.25) is 4.57 Å². The minimum atomic E-state index is 0.769. The topological polar surface area (TPSA) is 44.9 Å². The average Bonchev–Trinajstić information content (AvgIpc) is 3.57. The minimum absolute atomic E-state index is 0.769. The van der Waals surface area contributed by atoms with E-state index in [1.54, 1.807) is 0 Å². The normalized spacial score (nSPS) is 11.4. The Morgan fingerprint density at radius 2 is 1.51 bits per heavy atom. The number of rotatable bonds is 8. The number of para-hydroxylation sites is 1. The minimum Gasteiger partial charge on any atom is -0.457 e. The van der Waals surface area contributed by atoms with E-state index in [0.717, 1.165) is 59.0 Å². The van der Waals surface area contributed by atoms with Crippen molar-refractivity contribution in [2.75, 3.05) is 0 Å². The van der Waals surface area contributed by atoms with Crippen LogP contribution in [0.2, 0.25) is 0 Å². The molecule has 3 aromatic heterocycles. The Kier molecular flexibility index (Phi) is 6.99. The van der Waals surface area contributed by atoms with Crippen molar-refractivity contribution in [1.29, 1.82) is 0 Å². The molecule has 0 aliphatic heterocycles. The molecule has 5 nitrogen and oxygen atoms in total. The van der Waals surface area contributed by atoms with Gasteiger partial charge in [-0.2, -0.15) is 5.10 Å². The maximum Gasteiger partial charge on any atom is 0.137 e. The molecule has 5 heteroatoms. The summed E-state index contributed by atoms with van der Waals surface area (Å²) in [5.41, 5.74) is 9.17. The molecule has 4 aromatic carbocycles. The van der Waals surface area contributed by atoms with Gasteiger partial charge in [-0.1, -0.05) is 74.9 Å². The van der Waals surface area contributed by atoms with Crippen molar-refractivity contribution in [3.05, 3.63) is 132 Å². The van der Waals surface area contributed by atoms with Crippen LogP contribution in [0.5, 0.6) is 11.5 Å². The van der Waals surface area contributed by atoms with E-state index in [4.69, 9.17) is 14.8 Å². The highest BCUT2D eigenvalue weighted by Gasteiger charge is 2.19. The molecule has 0 unspecified atom stereocenters. The molecule has 0 saturated heterocycles. The Bertz CT molecular complexity index is 2070. The lowest BCUT2D eigenvalue weighted by molar-refractivity contribution is 0.482. The summed E-state index contributed by atoms with van der Waals surface area (Å²) in [5.74, 6) is 2.44. The van der Waals surface area contributed by atoms with Gasteiger partial charge in [-0.25, -0.2) is 9.67 Å². The van der Waals surface area contributed by atoms with Crippen LogP contribution in [0, 0.1) is 6.92 Å². The van der Waals surface area contributed by atoms with Crippen molar-refractivity contribution in [1.82, 2.24) is 19.3 Å². The van der Waals surface area contributed by atoms with Crippen molar-refractivity contribution in [2.45, 2.75) is 40.0 Å². The SMILES string of the molecule is CCCc1c(-c2ccccc2)c(CC)nn1-c1cccc(Oc2ccc3c4ccccc4n(-c4cc(C)ccn4)c3c2)c1. The van der Waals surface area contributed by atoms with Gasteiger partial charge in [0.25, 0.3) is 0 Å². The molecular weight excluding hydrogens is 528 g/mol. The molecule has 0 N–H and O–H groups in total. The fourth-order valence-corrected chi connectivity index (χ4v) is 6.09. The number of nitrogens with zero attached hydrogens (tertiary/aromatic N) is 4. The summed E-state index contributed by atoms with van der Waals surface area (Å²) in [7, 11) is 0. The van der Waals surface area contributed by atoms with Crippen LogP contribution in [0.15, 0.2) is 115 Å². The highest BCUT2D eigenvalue weighted by Crippen LogP contribution is 2.36. The first-order chi connectivity index (χ1) is 21.1. The fourth-order valence-electron chi connectivity index (χ4n) is 6.09. The summed E-state index contributed by atoms with van der Waals surface area (Å²) in [6.45, 7) is 6.49. The van der Waals surface area contributed by atoms with Crippen LogP contribution < -0.4 is 4.74 Å². The van der Waals surface area contributed by atoms with E-state index in [9.17, 15) is 0 Å². The zero-order valence-electron chi connectivity index (χ0n) is 24.8. The van der Waals surface area contributed by atoms with Crippen molar-refractivity contribution in [3.63, 3.8) is 0 Å². The van der Waals surface area contributed by atoms with Gasteiger partial charge < -0.3 is 4.74 Å². The quantitative estimate of drug-likeness (QED) is 0.185. The first-order valence-electron chi connectivity index (χ1n) is 15.0. The Balaban J connectivity index is 1.30. The van der Waals surface area contributed by atoms with Crippen LogP contribution in [0.25, 0.3) is 44.4 Å². The van der Waals surface area contributed by atoms with Gasteiger partial charge in [0.15, 0.2) is 0 Å². The second-order valence-corrected chi connectivity index (χ2v) is 11.0. The standard InChI is InChI=1S/C38H34N4O/c1-4-12-35-38(27-13-7-6-8-14-27)33(5-2)40-42(35)28-15-11-16-29(24-28)43-30-19-20-32-31-17-9-10-18-34(31)41(36(32)25-30)37-23-26(3)21-22-39-37/h6-11,13-25H,4-5,12H2,1-3H3. The van der Waals surface area contributed by atoms with Gasteiger partial charge in [0.2, 0.25) is 0 Å². The highest BCUT2D eigenvalue weighted by molar-refractivity contribution is 6.09. The lowest BCUT2D eigenvalue weighted by atomic mass is 9.99. The smallest absolute Gasteiger partial charge is 0.137 e. The monoisotopic (exact) mass is 562 g/mol. The third-order valence-electron chi connectivity index (χ3n) is 8.01. The molecule has 212 valence electrons. The van der Waals surface area contributed by atoms with E-state index in [1.165, 1.54) is 33.2 Å². The number of pyridine rings is 1. The zero-order chi connectivity index (χ0) is 29.3. The predicted octanol–water partition coefficient (Wildman–Crippen LogP) is 9.65. The zero-order valence-corrected chi connectivity index (χ0v) is 24.8. The maximum absolute atomic E-state index is 6.53. The van der Waals surface area contributed by atoms with Gasteiger partial charge in [-0.05, 0) is 73.4 Å². The maximum atomic E-state index is 6.53. The molecule has 0 radical (unpaired) electrons. The molecule has 7 rings (SSSR count). The third kappa shape index (κ3) is 4.87.